The largest absolute Gasteiger partial charge is 0.359 e. The molecule has 0 unspecified atom stereocenters. The predicted octanol–water partition coefficient (Wildman–Crippen LogP) is 3.84. The lowest BCUT2D eigenvalue weighted by atomic mass is 10.1. The van der Waals surface area contributed by atoms with Crippen LogP contribution in [-0.2, 0) is 4.79 Å². The van der Waals surface area contributed by atoms with Crippen molar-refractivity contribution in [3.8, 4) is 11.3 Å². The normalized spacial score (nSPS) is 12.0. The number of unbranched alkanes of at least 4 members (excludes halogenated alkanes) is 2. The van der Waals surface area contributed by atoms with Crippen molar-refractivity contribution in [3.05, 3.63) is 78.8 Å². The molecule has 0 saturated carbocycles. The van der Waals surface area contributed by atoms with Crippen LogP contribution >= 0.6 is 0 Å². The Morgan fingerprint density at radius 2 is 1.89 bits per heavy atom. The second kappa shape index (κ2) is 11.0. The summed E-state index contributed by atoms with van der Waals surface area (Å²) in [6, 6.07) is 15.8. The fourth-order valence-corrected chi connectivity index (χ4v) is 4.28. The van der Waals surface area contributed by atoms with Gasteiger partial charge < -0.3 is 15.6 Å². The van der Waals surface area contributed by atoms with Gasteiger partial charge in [0.2, 0.25) is 11.7 Å². The first-order valence-electron chi connectivity index (χ1n) is 12.3. The Morgan fingerprint density at radius 3 is 2.73 bits per heavy atom. The lowest BCUT2D eigenvalue weighted by molar-refractivity contribution is -0.120. The Morgan fingerprint density at radius 1 is 1.03 bits per heavy atom. The number of H-pyrrole nitrogens is 1. The molecule has 1 atom stereocenters. The van der Waals surface area contributed by atoms with Crippen LogP contribution in [0.4, 0.5) is 0 Å². The van der Waals surface area contributed by atoms with Gasteiger partial charge in [-0.25, -0.2) is 14.5 Å². The number of benzene rings is 2. The van der Waals surface area contributed by atoms with Gasteiger partial charge in [0.05, 0.1) is 17.9 Å². The van der Waals surface area contributed by atoms with Crippen molar-refractivity contribution in [2.75, 3.05) is 7.05 Å². The van der Waals surface area contributed by atoms with E-state index in [1.54, 1.807) is 31.7 Å². The minimum atomic E-state index is -0.399. The lowest BCUT2D eigenvalue weighted by Crippen LogP contribution is -2.30. The number of aromatic nitrogens is 6. The minimum Gasteiger partial charge on any atom is -0.359 e. The van der Waals surface area contributed by atoms with Crippen molar-refractivity contribution in [2.24, 2.45) is 0 Å². The summed E-state index contributed by atoms with van der Waals surface area (Å²) < 4.78 is 1.47. The van der Waals surface area contributed by atoms with Crippen molar-refractivity contribution in [2.45, 2.75) is 38.1 Å². The zero-order chi connectivity index (χ0) is 25.6. The van der Waals surface area contributed by atoms with Crippen molar-refractivity contribution < 1.29 is 9.59 Å². The van der Waals surface area contributed by atoms with E-state index in [9.17, 15) is 9.59 Å². The van der Waals surface area contributed by atoms with Crippen LogP contribution in [0.15, 0.2) is 67.1 Å². The number of nitrogens with one attached hydrogen (secondary N) is 3. The summed E-state index contributed by atoms with van der Waals surface area (Å²) in [6.45, 7) is 0. The number of rotatable bonds is 10. The molecule has 188 valence electrons. The standard InChI is InChI=1S/C27H28N8O2/c1-28-23(36)11-4-2-3-10-21(32-26(37)25-33-27-29-14-7-15-35(27)34-25)24-30-17-22(31-24)20-13-12-18-8-5-6-9-19(18)16-20/h5-9,12-17,21H,2-4,10-11H2,1H3,(H,28,36)(H,30,31)(H,32,37)/t21-/m0/s1. The molecule has 2 amide bonds. The molecular weight excluding hydrogens is 468 g/mol. The van der Waals surface area contributed by atoms with E-state index in [0.29, 0.717) is 24.4 Å². The maximum absolute atomic E-state index is 13.1. The molecule has 0 aliphatic heterocycles. The molecule has 5 rings (SSSR count). The molecule has 0 radical (unpaired) electrons. The Labute approximate surface area is 213 Å². The molecule has 37 heavy (non-hydrogen) atoms. The number of imidazole rings is 1. The maximum atomic E-state index is 13.1. The molecule has 5 aromatic rings. The molecule has 10 heteroatoms. The van der Waals surface area contributed by atoms with E-state index in [-0.39, 0.29) is 17.8 Å². The first kappa shape index (κ1) is 24.1. The lowest BCUT2D eigenvalue weighted by Gasteiger charge is -2.16. The minimum absolute atomic E-state index is 0.0300. The third-order valence-electron chi connectivity index (χ3n) is 6.29. The molecule has 3 heterocycles. The first-order chi connectivity index (χ1) is 18.1. The van der Waals surface area contributed by atoms with Gasteiger partial charge in [-0.1, -0.05) is 49.2 Å². The molecule has 0 saturated heterocycles. The van der Waals surface area contributed by atoms with Gasteiger partial charge in [0.25, 0.3) is 11.7 Å². The Hall–Kier alpha value is -4.60. The summed E-state index contributed by atoms with van der Waals surface area (Å²) in [6.07, 6.45) is 8.66. The Balaban J connectivity index is 1.34. The van der Waals surface area contributed by atoms with Crippen LogP contribution in [0.5, 0.6) is 0 Å². The van der Waals surface area contributed by atoms with Gasteiger partial charge in [-0.2, -0.15) is 4.98 Å². The van der Waals surface area contributed by atoms with Crippen LogP contribution in [0.1, 0.15) is 54.6 Å². The van der Waals surface area contributed by atoms with E-state index in [0.717, 1.165) is 35.9 Å². The third kappa shape index (κ3) is 5.64. The summed E-state index contributed by atoms with van der Waals surface area (Å²) in [5.74, 6) is 0.691. The third-order valence-corrected chi connectivity index (χ3v) is 6.29. The van der Waals surface area contributed by atoms with Gasteiger partial charge in [-0.3, -0.25) is 9.59 Å². The van der Waals surface area contributed by atoms with Gasteiger partial charge in [-0.05, 0) is 35.7 Å². The Bertz CT molecular complexity index is 1510. The number of fused-ring (bicyclic) bond motifs is 2. The number of aromatic amines is 1. The molecule has 10 nitrogen and oxygen atoms in total. The fourth-order valence-electron chi connectivity index (χ4n) is 4.28. The molecule has 0 bridgehead atoms. The van der Waals surface area contributed by atoms with Gasteiger partial charge in [-0.15, -0.1) is 5.10 Å². The highest BCUT2D eigenvalue weighted by molar-refractivity contribution is 5.91. The van der Waals surface area contributed by atoms with E-state index in [1.165, 1.54) is 9.90 Å². The second-order valence-corrected chi connectivity index (χ2v) is 8.84. The first-order valence-corrected chi connectivity index (χ1v) is 12.3. The van der Waals surface area contributed by atoms with E-state index < -0.39 is 5.91 Å². The number of hydrogen-bond acceptors (Lipinski definition) is 6. The number of amides is 2. The SMILES string of the molecule is CNC(=O)CCCCC[C@H](NC(=O)c1nc2ncccn2n1)c1ncc(-c2ccc3ccccc3c2)[nH]1. The topological polar surface area (TPSA) is 130 Å². The van der Waals surface area contributed by atoms with Crippen LogP contribution in [0, 0.1) is 0 Å². The summed E-state index contributed by atoms with van der Waals surface area (Å²) >= 11 is 0. The molecule has 0 spiro atoms. The smallest absolute Gasteiger partial charge is 0.291 e. The average molecular weight is 497 g/mol. The highest BCUT2D eigenvalue weighted by Gasteiger charge is 2.22. The molecule has 3 N–H and O–H groups in total. The highest BCUT2D eigenvalue weighted by Crippen LogP contribution is 2.26. The Kier molecular flexibility index (Phi) is 7.16. The van der Waals surface area contributed by atoms with Crippen LogP contribution < -0.4 is 10.6 Å². The zero-order valence-electron chi connectivity index (χ0n) is 20.5. The quantitative estimate of drug-likeness (QED) is 0.252. The van der Waals surface area contributed by atoms with Crippen molar-refractivity contribution >= 4 is 28.4 Å². The van der Waals surface area contributed by atoms with Gasteiger partial charge in [0.1, 0.15) is 5.82 Å². The molecular formula is C27H28N8O2. The molecule has 0 aliphatic rings. The monoisotopic (exact) mass is 496 g/mol. The summed E-state index contributed by atoms with van der Waals surface area (Å²) in [5.41, 5.74) is 1.89. The average Bonchev–Trinajstić information content (AvgIpc) is 3.59. The van der Waals surface area contributed by atoms with Gasteiger partial charge in [0.15, 0.2) is 0 Å². The van der Waals surface area contributed by atoms with Crippen molar-refractivity contribution in [1.29, 1.82) is 0 Å². The molecule has 0 aliphatic carbocycles. The van der Waals surface area contributed by atoms with E-state index >= 15 is 0 Å². The molecule has 3 aromatic heterocycles. The maximum Gasteiger partial charge on any atom is 0.291 e. The number of nitrogens with zero attached hydrogens (tertiary/aromatic N) is 5. The van der Waals surface area contributed by atoms with Crippen molar-refractivity contribution in [1.82, 2.24) is 40.2 Å². The number of hydrogen-bond donors (Lipinski definition) is 3. The number of carbonyl (C=O) groups excluding carboxylic acids is 2. The molecule has 2 aromatic carbocycles. The van der Waals surface area contributed by atoms with Crippen LogP contribution in [0.3, 0.4) is 0 Å². The van der Waals surface area contributed by atoms with E-state index in [2.05, 4.69) is 66.0 Å². The van der Waals surface area contributed by atoms with E-state index in [1.807, 2.05) is 12.1 Å². The fraction of sp³-hybridized carbons (Fsp3) is 0.259. The second-order valence-electron chi connectivity index (χ2n) is 8.84. The predicted molar refractivity (Wildman–Crippen MR) is 140 cm³/mol. The number of carbonyl (C=O) groups is 2. The van der Waals surface area contributed by atoms with Crippen LogP contribution in [0.25, 0.3) is 27.8 Å². The van der Waals surface area contributed by atoms with Crippen LogP contribution in [0.2, 0.25) is 0 Å². The highest BCUT2D eigenvalue weighted by atomic mass is 16.2. The summed E-state index contributed by atoms with van der Waals surface area (Å²) in [4.78, 5) is 41.0. The summed E-state index contributed by atoms with van der Waals surface area (Å²) in [7, 11) is 1.64. The molecule has 0 fully saturated rings. The van der Waals surface area contributed by atoms with Crippen LogP contribution in [-0.4, -0.2) is 48.4 Å². The van der Waals surface area contributed by atoms with Gasteiger partial charge in [0, 0.05) is 31.4 Å². The summed E-state index contributed by atoms with van der Waals surface area (Å²) in [5, 5.41) is 12.2. The van der Waals surface area contributed by atoms with Gasteiger partial charge >= 0.3 is 0 Å². The van der Waals surface area contributed by atoms with Crippen molar-refractivity contribution in [3.63, 3.8) is 0 Å². The van der Waals surface area contributed by atoms with E-state index in [4.69, 9.17) is 0 Å². The zero-order valence-corrected chi connectivity index (χ0v) is 20.5.